The first kappa shape index (κ1) is 20.5. The fraction of sp³-hybridized carbons (Fsp3) is 0.105. The van der Waals surface area contributed by atoms with Gasteiger partial charge in [-0.25, -0.2) is 8.42 Å². The second-order valence-electron chi connectivity index (χ2n) is 5.97. The molecule has 1 aromatic heterocycles. The summed E-state index contributed by atoms with van der Waals surface area (Å²) < 4.78 is 70.4. The van der Waals surface area contributed by atoms with Crippen LogP contribution in [0.3, 0.4) is 0 Å². The number of anilines is 1. The summed E-state index contributed by atoms with van der Waals surface area (Å²) in [6, 6.07) is 12.2. The lowest BCUT2D eigenvalue weighted by atomic mass is 10.2. The maximum atomic E-state index is 12.8. The molecule has 6 nitrogen and oxygen atoms in total. The minimum Gasteiger partial charge on any atom is -0.467 e. The van der Waals surface area contributed by atoms with Gasteiger partial charge in [-0.3, -0.25) is 9.52 Å². The largest absolute Gasteiger partial charge is 0.467 e. The Morgan fingerprint density at radius 3 is 2.34 bits per heavy atom. The maximum Gasteiger partial charge on any atom is 0.416 e. The number of amides is 1. The topological polar surface area (TPSA) is 88.4 Å². The van der Waals surface area contributed by atoms with E-state index in [-0.39, 0.29) is 22.7 Å². The number of furan rings is 1. The highest BCUT2D eigenvalue weighted by atomic mass is 32.2. The highest BCUT2D eigenvalue weighted by Crippen LogP contribution is 2.31. The quantitative estimate of drug-likeness (QED) is 0.625. The van der Waals surface area contributed by atoms with E-state index < -0.39 is 27.7 Å². The summed E-state index contributed by atoms with van der Waals surface area (Å²) in [6.07, 6.45) is -3.12. The number of rotatable bonds is 6. The van der Waals surface area contributed by atoms with E-state index in [2.05, 4.69) is 10.0 Å². The molecule has 10 heteroatoms. The molecule has 29 heavy (non-hydrogen) atoms. The molecular formula is C19H15F3N2O4S. The molecule has 0 saturated heterocycles. The number of alkyl halides is 3. The second-order valence-corrected chi connectivity index (χ2v) is 7.65. The van der Waals surface area contributed by atoms with Gasteiger partial charge in [0.25, 0.3) is 15.9 Å². The van der Waals surface area contributed by atoms with Gasteiger partial charge in [-0.05, 0) is 54.6 Å². The average Bonchev–Trinajstić information content (AvgIpc) is 3.19. The zero-order valence-electron chi connectivity index (χ0n) is 14.7. The molecule has 0 bridgehead atoms. The minimum atomic E-state index is -4.59. The van der Waals surface area contributed by atoms with E-state index >= 15 is 0 Å². The van der Waals surface area contributed by atoms with Gasteiger partial charge in [-0.2, -0.15) is 13.2 Å². The van der Waals surface area contributed by atoms with Crippen molar-refractivity contribution in [1.29, 1.82) is 0 Å². The van der Waals surface area contributed by atoms with Crippen LogP contribution in [0.4, 0.5) is 18.9 Å². The number of nitrogens with one attached hydrogen (secondary N) is 2. The van der Waals surface area contributed by atoms with Crippen molar-refractivity contribution in [3.8, 4) is 0 Å². The van der Waals surface area contributed by atoms with Crippen LogP contribution in [0.1, 0.15) is 21.7 Å². The predicted octanol–water partition coefficient (Wildman–Crippen LogP) is 4.03. The number of halogens is 3. The first-order chi connectivity index (χ1) is 13.6. The molecule has 0 aliphatic carbocycles. The van der Waals surface area contributed by atoms with E-state index in [0.29, 0.717) is 11.8 Å². The van der Waals surface area contributed by atoms with E-state index in [4.69, 9.17) is 4.42 Å². The lowest BCUT2D eigenvalue weighted by Gasteiger charge is -2.11. The van der Waals surface area contributed by atoms with E-state index in [1.807, 2.05) is 0 Å². The van der Waals surface area contributed by atoms with Gasteiger partial charge in [-0.1, -0.05) is 6.07 Å². The molecule has 0 fully saturated rings. The van der Waals surface area contributed by atoms with Gasteiger partial charge in [0.05, 0.1) is 23.3 Å². The van der Waals surface area contributed by atoms with Gasteiger partial charge in [0.1, 0.15) is 5.76 Å². The van der Waals surface area contributed by atoms with Gasteiger partial charge < -0.3 is 9.73 Å². The Balaban J connectivity index is 1.70. The Morgan fingerprint density at radius 2 is 1.72 bits per heavy atom. The van der Waals surface area contributed by atoms with Crippen LogP contribution < -0.4 is 10.0 Å². The van der Waals surface area contributed by atoms with Gasteiger partial charge in [0.2, 0.25) is 0 Å². The Morgan fingerprint density at radius 1 is 1.00 bits per heavy atom. The number of sulfonamides is 1. The van der Waals surface area contributed by atoms with Crippen molar-refractivity contribution >= 4 is 21.6 Å². The van der Waals surface area contributed by atoms with Crippen LogP contribution in [0, 0.1) is 0 Å². The van der Waals surface area contributed by atoms with E-state index in [1.54, 1.807) is 12.1 Å². The molecule has 152 valence electrons. The van der Waals surface area contributed by atoms with Gasteiger partial charge in [0, 0.05) is 11.3 Å². The summed E-state index contributed by atoms with van der Waals surface area (Å²) in [5, 5.41) is 2.62. The SMILES string of the molecule is O=C(NCc1ccco1)c1ccc(S(=O)(=O)Nc2cccc(C(F)(F)F)c2)cc1. The lowest BCUT2D eigenvalue weighted by molar-refractivity contribution is -0.137. The normalized spacial score (nSPS) is 11.8. The first-order valence-corrected chi connectivity index (χ1v) is 9.74. The molecule has 0 atom stereocenters. The van der Waals surface area contributed by atoms with E-state index in [0.717, 1.165) is 12.1 Å². The number of carbonyl (C=O) groups excluding carboxylic acids is 1. The van der Waals surface area contributed by atoms with Crippen LogP contribution in [-0.4, -0.2) is 14.3 Å². The smallest absolute Gasteiger partial charge is 0.416 e. The van der Waals surface area contributed by atoms with E-state index in [1.165, 1.54) is 36.6 Å². The highest BCUT2D eigenvalue weighted by molar-refractivity contribution is 7.92. The van der Waals surface area contributed by atoms with Crippen LogP contribution >= 0.6 is 0 Å². The molecule has 1 amide bonds. The summed E-state index contributed by atoms with van der Waals surface area (Å²) >= 11 is 0. The fourth-order valence-electron chi connectivity index (χ4n) is 2.44. The van der Waals surface area contributed by atoms with Crippen molar-refractivity contribution in [1.82, 2.24) is 5.32 Å². The third kappa shape index (κ3) is 5.17. The predicted molar refractivity (Wildman–Crippen MR) is 98.6 cm³/mol. The molecule has 0 aliphatic rings. The van der Waals surface area contributed by atoms with Crippen LogP contribution in [0.2, 0.25) is 0 Å². The third-order valence-electron chi connectivity index (χ3n) is 3.87. The highest BCUT2D eigenvalue weighted by Gasteiger charge is 2.30. The monoisotopic (exact) mass is 424 g/mol. The van der Waals surface area contributed by atoms with Crippen molar-refractivity contribution in [3.63, 3.8) is 0 Å². The first-order valence-electron chi connectivity index (χ1n) is 8.26. The summed E-state index contributed by atoms with van der Waals surface area (Å²) in [5.74, 6) is 0.124. The Labute approximate surface area is 164 Å². The molecule has 3 aromatic rings. The molecule has 0 saturated carbocycles. The average molecular weight is 424 g/mol. The Kier molecular flexibility index (Phi) is 5.64. The standard InChI is InChI=1S/C19H15F3N2O4S/c20-19(21,22)14-3-1-4-15(11-14)24-29(26,27)17-8-6-13(7-9-17)18(25)23-12-16-5-2-10-28-16/h1-11,24H,12H2,(H,23,25). The number of hydrogen-bond acceptors (Lipinski definition) is 4. The van der Waals surface area contributed by atoms with Crippen molar-refractivity contribution in [2.75, 3.05) is 4.72 Å². The molecule has 3 rings (SSSR count). The summed E-state index contributed by atoms with van der Waals surface area (Å²) in [4.78, 5) is 11.9. The fourth-order valence-corrected chi connectivity index (χ4v) is 3.49. The van der Waals surface area contributed by atoms with Gasteiger partial charge in [-0.15, -0.1) is 0 Å². The molecule has 0 aliphatic heterocycles. The van der Waals surface area contributed by atoms with Crippen molar-refractivity contribution in [2.24, 2.45) is 0 Å². The lowest BCUT2D eigenvalue weighted by Crippen LogP contribution is -2.22. The van der Waals surface area contributed by atoms with Gasteiger partial charge in [0.15, 0.2) is 0 Å². The number of carbonyl (C=O) groups is 1. The molecule has 0 spiro atoms. The van der Waals surface area contributed by atoms with Crippen LogP contribution in [0.5, 0.6) is 0 Å². The molecule has 0 radical (unpaired) electrons. The summed E-state index contributed by atoms with van der Waals surface area (Å²) in [7, 11) is -4.13. The Bertz CT molecular complexity index is 1090. The minimum absolute atomic E-state index is 0.170. The zero-order chi connectivity index (χ0) is 21.1. The third-order valence-corrected chi connectivity index (χ3v) is 5.27. The number of hydrogen-bond donors (Lipinski definition) is 2. The van der Waals surface area contributed by atoms with Crippen molar-refractivity contribution in [3.05, 3.63) is 83.8 Å². The summed E-state index contributed by atoms with van der Waals surface area (Å²) in [5.41, 5.74) is -0.976. The van der Waals surface area contributed by atoms with Crippen molar-refractivity contribution < 1.29 is 30.8 Å². The molecule has 2 aromatic carbocycles. The molecule has 0 unspecified atom stereocenters. The Hall–Kier alpha value is -3.27. The second kappa shape index (κ2) is 8.00. The maximum absolute atomic E-state index is 12.8. The molecule has 1 heterocycles. The molecule has 2 N–H and O–H groups in total. The summed E-state index contributed by atoms with van der Waals surface area (Å²) in [6.45, 7) is 0.170. The zero-order valence-corrected chi connectivity index (χ0v) is 15.5. The molecular weight excluding hydrogens is 409 g/mol. The van der Waals surface area contributed by atoms with Crippen LogP contribution in [0.25, 0.3) is 0 Å². The van der Waals surface area contributed by atoms with E-state index in [9.17, 15) is 26.4 Å². The number of benzene rings is 2. The van der Waals surface area contributed by atoms with Crippen LogP contribution in [0.15, 0.2) is 76.2 Å². The van der Waals surface area contributed by atoms with Crippen LogP contribution in [-0.2, 0) is 22.7 Å². The van der Waals surface area contributed by atoms with Gasteiger partial charge >= 0.3 is 6.18 Å². The van der Waals surface area contributed by atoms with Crippen molar-refractivity contribution in [2.45, 2.75) is 17.6 Å².